The molecule has 0 atom stereocenters. The number of carbonyl (C=O) groups excluding carboxylic acids is 1. The van der Waals surface area contributed by atoms with Gasteiger partial charge in [-0.05, 0) is 55.6 Å². The molecule has 1 fully saturated rings. The highest BCUT2D eigenvalue weighted by atomic mass is 32.1. The molecule has 1 saturated heterocycles. The molecule has 0 radical (unpaired) electrons. The summed E-state index contributed by atoms with van der Waals surface area (Å²) in [5.74, 6) is 0.375. The van der Waals surface area contributed by atoms with Crippen molar-refractivity contribution >= 4 is 17.1 Å². The lowest BCUT2D eigenvalue weighted by Gasteiger charge is -2.38. The van der Waals surface area contributed by atoms with Crippen molar-refractivity contribution in [1.82, 2.24) is 5.32 Å². The van der Waals surface area contributed by atoms with E-state index in [-0.39, 0.29) is 5.41 Å². The first-order valence-corrected chi connectivity index (χ1v) is 8.15. The minimum Gasteiger partial charge on any atom is -0.317 e. The Bertz CT molecular complexity index is 410. The van der Waals surface area contributed by atoms with Crippen molar-refractivity contribution in [1.29, 1.82) is 0 Å². The van der Waals surface area contributed by atoms with Crippen molar-refractivity contribution in [3.63, 3.8) is 0 Å². The number of piperidine rings is 1. The Morgan fingerprint density at radius 2 is 2.05 bits per heavy atom. The minimum absolute atomic E-state index is 0.125. The summed E-state index contributed by atoms with van der Waals surface area (Å²) < 4.78 is 0. The molecule has 1 aliphatic rings. The summed E-state index contributed by atoms with van der Waals surface area (Å²) in [6.45, 7) is 8.73. The van der Waals surface area contributed by atoms with Crippen LogP contribution in [0.1, 0.15) is 56.8 Å². The van der Waals surface area contributed by atoms with Crippen molar-refractivity contribution in [3.05, 3.63) is 22.4 Å². The largest absolute Gasteiger partial charge is 0.317 e. The second-order valence-corrected chi connectivity index (χ2v) is 7.71. The van der Waals surface area contributed by atoms with E-state index in [0.29, 0.717) is 11.2 Å². The minimum atomic E-state index is -0.125. The number of carbonyl (C=O) groups is 1. The van der Waals surface area contributed by atoms with Gasteiger partial charge in [-0.1, -0.05) is 20.8 Å². The van der Waals surface area contributed by atoms with E-state index in [1.807, 2.05) is 16.8 Å². The van der Waals surface area contributed by atoms with Crippen LogP contribution in [0, 0.1) is 10.8 Å². The molecular formula is C16H25NOS. The van der Waals surface area contributed by atoms with Crippen molar-refractivity contribution in [2.45, 2.75) is 46.5 Å². The number of rotatable bonds is 4. The average molecular weight is 279 g/mol. The third-order valence-electron chi connectivity index (χ3n) is 4.18. The first-order chi connectivity index (χ1) is 8.93. The van der Waals surface area contributed by atoms with Gasteiger partial charge in [-0.3, -0.25) is 4.79 Å². The summed E-state index contributed by atoms with van der Waals surface area (Å²) in [5, 5.41) is 7.40. The second-order valence-electron chi connectivity index (χ2n) is 6.93. The molecule has 0 aliphatic carbocycles. The van der Waals surface area contributed by atoms with Gasteiger partial charge in [0.15, 0.2) is 5.78 Å². The maximum absolute atomic E-state index is 12.9. The molecule has 0 unspecified atom stereocenters. The second kappa shape index (κ2) is 5.76. The predicted molar refractivity (Wildman–Crippen MR) is 81.9 cm³/mol. The van der Waals surface area contributed by atoms with E-state index < -0.39 is 0 Å². The first-order valence-electron chi connectivity index (χ1n) is 7.21. The van der Waals surface area contributed by atoms with Crippen LogP contribution in [0.2, 0.25) is 0 Å². The molecule has 0 spiro atoms. The van der Waals surface area contributed by atoms with Crippen molar-refractivity contribution in [2.24, 2.45) is 10.8 Å². The summed E-state index contributed by atoms with van der Waals surface area (Å²) in [7, 11) is 0. The summed E-state index contributed by atoms with van der Waals surface area (Å²) in [6, 6.07) is 1.98. The fraction of sp³-hybridized carbons (Fsp3) is 0.688. The number of ketones is 1. The Balaban J connectivity index is 2.17. The van der Waals surface area contributed by atoms with Crippen LogP contribution in [0.4, 0.5) is 0 Å². The molecule has 2 nitrogen and oxygen atoms in total. The number of hydrogen-bond donors (Lipinski definition) is 1. The Morgan fingerprint density at radius 1 is 1.37 bits per heavy atom. The van der Waals surface area contributed by atoms with Crippen LogP contribution in [0.15, 0.2) is 16.8 Å². The third-order valence-corrected chi connectivity index (χ3v) is 4.86. The van der Waals surface area contributed by atoms with E-state index in [1.165, 1.54) is 0 Å². The molecule has 1 aromatic heterocycles. The highest BCUT2D eigenvalue weighted by Gasteiger charge is 2.40. The molecular weight excluding hydrogens is 254 g/mol. The quantitative estimate of drug-likeness (QED) is 0.840. The highest BCUT2D eigenvalue weighted by molar-refractivity contribution is 7.08. The standard InChI is InChI=1S/C16H25NOS/c1-15(2,3)5-6-16(7-9-17-10-8-16)14(18)13-4-11-19-12-13/h4,11-12,17H,5-10H2,1-3H3. The number of Topliss-reactive ketones (excluding diaryl/α,β-unsaturated/α-hetero) is 1. The van der Waals surface area contributed by atoms with Crippen molar-refractivity contribution in [3.8, 4) is 0 Å². The summed E-state index contributed by atoms with van der Waals surface area (Å²) in [4.78, 5) is 12.9. The lowest BCUT2D eigenvalue weighted by molar-refractivity contribution is 0.0677. The molecule has 19 heavy (non-hydrogen) atoms. The molecule has 3 heteroatoms. The molecule has 106 valence electrons. The van der Waals surface area contributed by atoms with E-state index in [4.69, 9.17) is 0 Å². The molecule has 0 saturated carbocycles. The van der Waals surface area contributed by atoms with Crippen LogP contribution in [-0.4, -0.2) is 18.9 Å². The predicted octanol–water partition coefficient (Wildman–Crippen LogP) is 4.13. The number of nitrogens with one attached hydrogen (secondary N) is 1. The van der Waals surface area contributed by atoms with Crippen LogP contribution in [0.3, 0.4) is 0 Å². The Hall–Kier alpha value is -0.670. The molecule has 1 aliphatic heterocycles. The van der Waals surface area contributed by atoms with Gasteiger partial charge in [-0.15, -0.1) is 0 Å². The van der Waals surface area contributed by atoms with Gasteiger partial charge in [-0.2, -0.15) is 11.3 Å². The molecule has 2 rings (SSSR count). The monoisotopic (exact) mass is 279 g/mol. The van der Waals surface area contributed by atoms with Crippen LogP contribution >= 0.6 is 11.3 Å². The van der Waals surface area contributed by atoms with E-state index in [2.05, 4.69) is 26.1 Å². The SMILES string of the molecule is CC(C)(C)CCC1(C(=O)c2ccsc2)CCNCC1. The van der Waals surface area contributed by atoms with Crippen molar-refractivity contribution < 1.29 is 4.79 Å². The molecule has 0 bridgehead atoms. The average Bonchev–Trinajstić information content (AvgIpc) is 2.89. The van der Waals surface area contributed by atoms with Crippen LogP contribution in [0.25, 0.3) is 0 Å². The Morgan fingerprint density at radius 3 is 2.58 bits per heavy atom. The van der Waals surface area contributed by atoms with E-state index in [1.54, 1.807) is 11.3 Å². The number of hydrogen-bond acceptors (Lipinski definition) is 3. The maximum Gasteiger partial charge on any atom is 0.169 e. The zero-order valence-corrected chi connectivity index (χ0v) is 13.1. The van der Waals surface area contributed by atoms with Crippen LogP contribution in [-0.2, 0) is 0 Å². The van der Waals surface area contributed by atoms with Crippen LogP contribution < -0.4 is 5.32 Å². The lowest BCUT2D eigenvalue weighted by atomic mass is 9.68. The molecule has 0 aromatic carbocycles. The van der Waals surface area contributed by atoms with Gasteiger partial charge in [-0.25, -0.2) is 0 Å². The fourth-order valence-corrected chi connectivity index (χ4v) is 3.45. The Kier molecular flexibility index (Phi) is 4.46. The van der Waals surface area contributed by atoms with E-state index >= 15 is 0 Å². The summed E-state index contributed by atoms with van der Waals surface area (Å²) in [6.07, 6.45) is 4.10. The molecule has 1 aromatic rings. The topological polar surface area (TPSA) is 29.1 Å². The van der Waals surface area contributed by atoms with Crippen molar-refractivity contribution in [2.75, 3.05) is 13.1 Å². The normalized spacial score (nSPS) is 19.3. The van der Waals surface area contributed by atoms with Gasteiger partial charge in [0.1, 0.15) is 0 Å². The lowest BCUT2D eigenvalue weighted by Crippen LogP contribution is -2.42. The highest BCUT2D eigenvalue weighted by Crippen LogP contribution is 2.40. The third kappa shape index (κ3) is 3.67. The smallest absolute Gasteiger partial charge is 0.169 e. The molecule has 1 N–H and O–H groups in total. The van der Waals surface area contributed by atoms with Crippen LogP contribution in [0.5, 0.6) is 0 Å². The maximum atomic E-state index is 12.9. The Labute approximate surface area is 120 Å². The zero-order chi connectivity index (χ0) is 13.9. The van der Waals surface area contributed by atoms with E-state index in [9.17, 15) is 4.79 Å². The number of thiophene rings is 1. The van der Waals surface area contributed by atoms with Gasteiger partial charge >= 0.3 is 0 Å². The van der Waals surface area contributed by atoms with E-state index in [0.717, 1.165) is 44.3 Å². The van der Waals surface area contributed by atoms with Gasteiger partial charge in [0.25, 0.3) is 0 Å². The summed E-state index contributed by atoms with van der Waals surface area (Å²) in [5.41, 5.74) is 1.09. The first kappa shape index (κ1) is 14.7. The van der Waals surface area contributed by atoms with Gasteiger partial charge in [0.05, 0.1) is 0 Å². The summed E-state index contributed by atoms with van der Waals surface area (Å²) >= 11 is 1.62. The molecule has 2 heterocycles. The molecule has 0 amide bonds. The van der Waals surface area contributed by atoms with Gasteiger partial charge < -0.3 is 5.32 Å². The van der Waals surface area contributed by atoms with Gasteiger partial charge in [0, 0.05) is 16.4 Å². The fourth-order valence-electron chi connectivity index (χ4n) is 2.81. The zero-order valence-electron chi connectivity index (χ0n) is 12.3. The van der Waals surface area contributed by atoms with Gasteiger partial charge in [0.2, 0.25) is 0 Å².